The van der Waals surface area contributed by atoms with Crippen LogP contribution in [0.5, 0.6) is 69.0 Å². The molecule has 16 rings (SSSR count). The summed E-state index contributed by atoms with van der Waals surface area (Å²) >= 11 is 14.7. The van der Waals surface area contributed by atoms with Gasteiger partial charge < -0.3 is 167 Å². The van der Waals surface area contributed by atoms with Crippen molar-refractivity contribution in [3.63, 3.8) is 0 Å². The predicted molar refractivity (Wildman–Crippen MR) is 458 cm³/mol. The SMILES string of the molecule is CC(=O)N[C@H]1[C@H](O[C@@H]2c3ccc(c(Cl)c3)Oc3cc4cc(c3O[C@@H]3O[C@@H](CO)[C@@H](O)[C@@H](O)[C@@H]3NC(=O)CCCCCCCC(C)C)Oc3ccc(cc3Cl)C[C@H]3NC(=O)[C@H](N)c5cccc(O)c5Oc5cc(O)cc(c5)C(NC3=O)C(=O)N[C@@H]4C(=O)N[C@@H]3C(=O)NC2C(=O)N[C@@H](C(=O)O)c2cc(O)cc(O[C@@H]4O[C@@H](CO)[C@@H](O)[C@@H](O)[C@@H]4O)c2-c2cc3ccc2O)O[C@@H](CO)[C@@H](O)[C@H]1O. The van der Waals surface area contributed by atoms with Crippen LogP contribution in [0.25, 0.3) is 11.1 Å². The predicted octanol–water partition coefficient (Wildman–Crippen LogP) is 1.41. The molecule has 712 valence electrons. The molecule has 9 aliphatic rings. The zero-order valence-electron chi connectivity index (χ0n) is 71.0. The number of nitrogens with two attached hydrogens (primary N) is 1. The number of aliphatic hydroxyl groups is 10. The van der Waals surface area contributed by atoms with Crippen molar-refractivity contribution in [2.75, 3.05) is 19.8 Å². The van der Waals surface area contributed by atoms with Crippen molar-refractivity contribution in [1.82, 2.24) is 42.5 Å². The number of phenols is 4. The van der Waals surface area contributed by atoms with Crippen LogP contribution in [-0.2, 0) is 68.5 Å². The Bertz CT molecular complexity index is 5580. The highest BCUT2D eigenvalue weighted by molar-refractivity contribution is 6.32. The summed E-state index contributed by atoms with van der Waals surface area (Å²) < 4.78 is 57.6. The Labute approximate surface area is 766 Å². The van der Waals surface area contributed by atoms with Crippen LogP contribution in [0.4, 0.5) is 0 Å². The van der Waals surface area contributed by atoms with E-state index in [-0.39, 0.29) is 28.3 Å². The van der Waals surface area contributed by atoms with Crippen LogP contribution in [0.15, 0.2) is 115 Å². The summed E-state index contributed by atoms with van der Waals surface area (Å²) in [5.74, 6) is -19.4. The standard InChI is InChI=1S/C89H99Cl2N9O33/c1-34(2)10-7-5-4-6-8-13-60(109)95-68-74(114)71(111)58(32-102)130-88(68)133-79-55-26-40-27-56(79)127-53-19-16-38(25-48(53)91)77(132-87-67(93-35(3)104)73(113)70(110)57(31-101)129-87)69-85(122)99-66(86(123)124)46-29-42(106)30-54(128-89-76(116)75(115)72(112)59(33-103)131-89)61(46)45-24-37(15-17-50(45)107)63(82(119)100-69)97-84(121)65(40)98-83(120)64-39-22-41(105)28-43(23-39)125-78-44(11-9-12-51(78)108)62(92)81(118)94-49(80(117)96-64)21-36-14-18-52(126-55)47(90)20-36/h9,11-12,14-20,22-30,34,49,57-59,62-77,87-89,101-103,105-108,110-116H,4-8,10,13,21,31-33,92H2,1-3H3,(H,93,104)(H,94,118)(H,95,109)(H,96,117)(H,97,121)(H,98,120)(H,99,122)(H,100,119)(H,123,124)/t49-,57+,58+,59+,62-,63+,64?,65+,66-,67-,68+,69?,70-,71-,72-,73+,74+,75-,76+,77-,87+,88+,89-/m1/s1. The van der Waals surface area contributed by atoms with Gasteiger partial charge in [-0.1, -0.05) is 99.5 Å². The van der Waals surface area contributed by atoms with Gasteiger partial charge in [0.25, 0.3) is 0 Å². The molecule has 0 radical (unpaired) electrons. The summed E-state index contributed by atoms with van der Waals surface area (Å²) in [6, 6.07) is 0.702. The number of hydrogen-bond donors (Lipinski definition) is 24. The number of aromatic hydroxyl groups is 4. The number of carboxylic acids is 1. The number of ether oxygens (including phenoxy) is 9. The zero-order chi connectivity index (χ0) is 95.6. The number of unbranched alkanes of at least 4 members (excludes halogenated alkanes) is 4. The number of aliphatic hydroxyl groups excluding tert-OH is 10. The lowest BCUT2D eigenvalue weighted by Crippen LogP contribution is -2.65. The fourth-order valence-corrected chi connectivity index (χ4v) is 17.2. The largest absolute Gasteiger partial charge is 0.508 e. The van der Waals surface area contributed by atoms with E-state index in [1.54, 1.807) is 0 Å². The molecule has 3 saturated heterocycles. The third-order valence-corrected chi connectivity index (χ3v) is 24.2. The fraction of sp³-hybridized carbons (Fsp3) is 0.427. The maximum Gasteiger partial charge on any atom is 0.330 e. The van der Waals surface area contributed by atoms with Gasteiger partial charge in [0.2, 0.25) is 65.6 Å². The topological polar surface area (TPSA) is 662 Å². The average Bonchev–Trinajstić information content (AvgIpc) is 0.815. The number of para-hydroxylation sites is 1. The number of phenolic OH excluding ortho intramolecular Hbond substituents is 4. The summed E-state index contributed by atoms with van der Waals surface area (Å²) in [5.41, 5.74) is 2.64. The van der Waals surface area contributed by atoms with Gasteiger partial charge in [-0.25, -0.2) is 4.79 Å². The fourth-order valence-electron chi connectivity index (χ4n) is 16.7. The number of nitrogens with one attached hydrogen (secondary N) is 8. The molecule has 2 unspecified atom stereocenters. The van der Waals surface area contributed by atoms with E-state index in [0.717, 1.165) is 111 Å². The molecule has 133 heavy (non-hydrogen) atoms. The maximum absolute atomic E-state index is 17.0. The highest BCUT2D eigenvalue weighted by atomic mass is 35.5. The lowest BCUT2D eigenvalue weighted by molar-refractivity contribution is -0.284. The van der Waals surface area contributed by atoms with Crippen LogP contribution in [0.1, 0.15) is 141 Å². The minimum atomic E-state index is -2.59. The Balaban J connectivity index is 1.03. The van der Waals surface area contributed by atoms with Crippen LogP contribution in [0.2, 0.25) is 10.0 Å². The molecule has 8 amide bonds. The monoisotopic (exact) mass is 1890 g/mol. The normalized spacial score (nSPS) is 28.8. The molecule has 0 aliphatic carbocycles. The van der Waals surface area contributed by atoms with E-state index in [0.29, 0.717) is 18.8 Å². The Morgan fingerprint density at radius 3 is 1.71 bits per heavy atom. The molecule has 9 heterocycles. The number of benzene rings is 7. The molecular formula is C89H99Cl2N9O33. The van der Waals surface area contributed by atoms with Crippen LogP contribution < -0.4 is 72.0 Å². The molecule has 25 N–H and O–H groups in total. The smallest absolute Gasteiger partial charge is 0.330 e. The first kappa shape index (κ1) is 97.0. The Morgan fingerprint density at radius 1 is 0.511 bits per heavy atom. The minimum Gasteiger partial charge on any atom is -0.508 e. The summed E-state index contributed by atoms with van der Waals surface area (Å²) in [7, 11) is 0. The van der Waals surface area contributed by atoms with Gasteiger partial charge in [-0.05, 0) is 113 Å². The van der Waals surface area contributed by atoms with Crippen LogP contribution >= 0.6 is 23.2 Å². The minimum absolute atomic E-state index is 0.141. The van der Waals surface area contributed by atoms with Gasteiger partial charge in [-0.2, -0.15) is 0 Å². The van der Waals surface area contributed by atoms with E-state index in [2.05, 4.69) is 56.4 Å². The van der Waals surface area contributed by atoms with Gasteiger partial charge in [0.1, 0.15) is 156 Å². The van der Waals surface area contributed by atoms with Crippen molar-refractivity contribution in [1.29, 1.82) is 0 Å². The lowest BCUT2D eigenvalue weighted by atomic mass is 9.89. The van der Waals surface area contributed by atoms with Gasteiger partial charge >= 0.3 is 5.97 Å². The molecule has 0 saturated carbocycles. The highest BCUT2D eigenvalue weighted by Gasteiger charge is 2.52. The van der Waals surface area contributed by atoms with E-state index < -0.39 is 327 Å². The third-order valence-electron chi connectivity index (χ3n) is 23.6. The molecular weight excluding hydrogens is 1790 g/mol. The molecule has 7 aromatic rings. The molecule has 0 aromatic heterocycles. The van der Waals surface area contributed by atoms with Crippen LogP contribution in [-0.4, -0.2) is 254 Å². The van der Waals surface area contributed by atoms with Crippen molar-refractivity contribution < 1.29 is 162 Å². The first-order valence-electron chi connectivity index (χ1n) is 42.5. The van der Waals surface area contributed by atoms with E-state index in [1.165, 1.54) is 36.4 Å². The van der Waals surface area contributed by atoms with Gasteiger partial charge in [-0.15, -0.1) is 0 Å². The number of rotatable bonds is 20. The van der Waals surface area contributed by atoms with E-state index in [4.69, 9.17) is 71.6 Å². The lowest BCUT2D eigenvalue weighted by Gasteiger charge is -2.44. The molecule has 42 nitrogen and oxygen atoms in total. The number of aliphatic carboxylic acids is 1. The number of fused-ring (bicyclic) bond motifs is 13. The molecule has 0 spiro atoms. The van der Waals surface area contributed by atoms with Crippen molar-refractivity contribution in [2.45, 2.75) is 213 Å². The van der Waals surface area contributed by atoms with E-state index in [1.807, 2.05) is 0 Å². The Hall–Kier alpha value is -12.0. The number of carbonyl (C=O) groups is 9. The number of carboxylic acid groups (broad SMARTS) is 1. The third kappa shape index (κ3) is 21.1. The first-order valence-corrected chi connectivity index (χ1v) is 43.2. The number of hydrogen-bond acceptors (Lipinski definition) is 33. The molecule has 7 aromatic carbocycles. The second-order valence-corrected chi connectivity index (χ2v) is 34.3. The van der Waals surface area contributed by atoms with Gasteiger partial charge in [0.15, 0.2) is 35.3 Å². The van der Waals surface area contributed by atoms with Gasteiger partial charge in [0.05, 0.1) is 29.9 Å². The Kier molecular flexibility index (Phi) is 30.0. The molecule has 9 aliphatic heterocycles. The molecule has 3 fully saturated rings. The van der Waals surface area contributed by atoms with Gasteiger partial charge in [0, 0.05) is 54.2 Å². The van der Waals surface area contributed by atoms with Crippen molar-refractivity contribution >= 4 is 76.4 Å². The molecule has 15 bridgehead atoms. The van der Waals surface area contributed by atoms with Crippen LogP contribution in [0.3, 0.4) is 0 Å². The van der Waals surface area contributed by atoms with Crippen molar-refractivity contribution in [3.05, 3.63) is 164 Å². The van der Waals surface area contributed by atoms with Gasteiger partial charge in [-0.3, -0.25) is 38.4 Å². The van der Waals surface area contributed by atoms with Crippen LogP contribution in [0, 0.1) is 5.92 Å². The summed E-state index contributed by atoms with van der Waals surface area (Å²) in [6.07, 6.45) is -24.9. The number of carbonyl (C=O) groups excluding carboxylic acids is 8. The van der Waals surface area contributed by atoms with E-state index in [9.17, 15) is 95.8 Å². The average molecular weight is 1890 g/mol. The quantitative estimate of drug-likeness (QED) is 0.0480. The Morgan fingerprint density at radius 2 is 1.08 bits per heavy atom. The molecule has 23 atom stereocenters. The van der Waals surface area contributed by atoms with E-state index >= 15 is 24.0 Å². The summed E-state index contributed by atoms with van der Waals surface area (Å²) in [6.45, 7) is 2.03. The number of halogens is 2. The molecule has 44 heteroatoms. The van der Waals surface area contributed by atoms with Crippen molar-refractivity contribution in [2.24, 2.45) is 11.7 Å². The van der Waals surface area contributed by atoms with Crippen molar-refractivity contribution in [3.8, 4) is 80.1 Å². The summed E-state index contributed by atoms with van der Waals surface area (Å²) in [4.78, 5) is 139. The zero-order valence-corrected chi connectivity index (χ0v) is 72.5. The maximum atomic E-state index is 17.0. The highest BCUT2D eigenvalue weighted by Crippen LogP contribution is 2.51. The second kappa shape index (κ2) is 41.2. The summed E-state index contributed by atoms with van der Waals surface area (Å²) in [5, 5.41) is 191. The second-order valence-electron chi connectivity index (χ2n) is 33.5. The number of amides is 8. The first-order chi connectivity index (χ1) is 63.4.